The molecule has 4 heterocycles. The number of hydrogen-bond donors (Lipinski definition) is 4. The molecule has 10 nitrogen and oxygen atoms in total. The molecule has 12 heteroatoms. The van der Waals surface area contributed by atoms with Crippen molar-refractivity contribution in [2.45, 2.75) is 68.3 Å². The second-order valence-corrected chi connectivity index (χ2v) is 12.7. The predicted octanol–water partition coefficient (Wildman–Crippen LogP) is 4.41. The maximum absolute atomic E-state index is 14.3. The van der Waals surface area contributed by atoms with E-state index in [1.165, 1.54) is 12.1 Å². The standard InChI is InChI=1S/C32H37FN8O2S/c33-24-7-4-6-23(16-24)30(21-11-13-22(14-12-21)31(42)35-15-5-9-25-17-34-20-36-25)41-18-26(39-40-41)8-2-1-3-10-28-29-27(19-44-28)37-32(43)38-29/h4,6-7,11-14,16-18,20,27-30H,1-3,5,8-10,15,19H2,(H,34,36)(H,35,42)(H2,37,38,43)/t27-,28-,29-,30?/m0/s1. The number of aromatic amines is 1. The molecule has 0 radical (unpaired) electrons. The van der Waals surface area contributed by atoms with Crippen LogP contribution in [0.1, 0.15) is 71.0 Å². The quantitative estimate of drug-likeness (QED) is 0.123. The van der Waals surface area contributed by atoms with Crippen molar-refractivity contribution < 1.29 is 14.0 Å². The molecule has 2 aliphatic rings. The molecular weight excluding hydrogens is 579 g/mol. The number of hydrogen-bond acceptors (Lipinski definition) is 6. The first-order valence-electron chi connectivity index (χ1n) is 15.2. The van der Waals surface area contributed by atoms with E-state index in [9.17, 15) is 14.0 Å². The van der Waals surface area contributed by atoms with Gasteiger partial charge in [0.15, 0.2) is 0 Å². The van der Waals surface area contributed by atoms with Gasteiger partial charge in [-0.15, -0.1) is 5.10 Å². The second kappa shape index (κ2) is 14.1. The van der Waals surface area contributed by atoms with Crippen LogP contribution in [0.2, 0.25) is 0 Å². The SMILES string of the molecule is O=C1N[C@H]2[C@H](CS[C@H]2CCCCCc2cn(C(c3ccc(C(=O)NCCCc4cnc[nH]4)cc3)c3cccc(F)c3)nn2)N1. The van der Waals surface area contributed by atoms with Crippen LogP contribution in [0.3, 0.4) is 0 Å². The van der Waals surface area contributed by atoms with Crippen LogP contribution in [0.25, 0.3) is 0 Å². The minimum atomic E-state index is -0.388. The van der Waals surface area contributed by atoms with Crippen LogP contribution in [-0.4, -0.2) is 66.5 Å². The summed E-state index contributed by atoms with van der Waals surface area (Å²) in [5, 5.41) is 18.4. The number of aromatic nitrogens is 5. The number of thioether (sulfide) groups is 1. The third kappa shape index (κ3) is 7.29. The number of nitrogens with one attached hydrogen (secondary N) is 4. The molecule has 0 spiro atoms. The Bertz CT molecular complexity index is 1540. The molecule has 2 saturated heterocycles. The van der Waals surface area contributed by atoms with Gasteiger partial charge >= 0.3 is 6.03 Å². The van der Waals surface area contributed by atoms with Crippen molar-refractivity contribution in [3.8, 4) is 0 Å². The summed E-state index contributed by atoms with van der Waals surface area (Å²) in [4.78, 5) is 31.4. The van der Waals surface area contributed by atoms with Gasteiger partial charge in [0, 0.05) is 41.2 Å². The smallest absolute Gasteiger partial charge is 0.315 e. The van der Waals surface area contributed by atoms with E-state index in [2.05, 4.69) is 36.2 Å². The van der Waals surface area contributed by atoms with Gasteiger partial charge in [0.05, 0.1) is 24.1 Å². The molecule has 2 aromatic heterocycles. The van der Waals surface area contributed by atoms with E-state index in [0.29, 0.717) is 17.4 Å². The maximum Gasteiger partial charge on any atom is 0.315 e. The van der Waals surface area contributed by atoms with Gasteiger partial charge in [-0.25, -0.2) is 18.9 Å². The number of carbonyl (C=O) groups excluding carboxylic acids is 2. The summed E-state index contributed by atoms with van der Waals surface area (Å²) < 4.78 is 16.1. The van der Waals surface area contributed by atoms with E-state index in [-0.39, 0.29) is 35.9 Å². The van der Waals surface area contributed by atoms with E-state index in [1.54, 1.807) is 35.4 Å². The molecule has 2 aliphatic heterocycles. The number of halogens is 1. The molecule has 2 fully saturated rings. The van der Waals surface area contributed by atoms with Gasteiger partial charge < -0.3 is 20.9 Å². The lowest BCUT2D eigenvalue weighted by molar-refractivity contribution is 0.0953. The molecule has 2 aromatic carbocycles. The number of imidazole rings is 1. The van der Waals surface area contributed by atoms with Gasteiger partial charge in [0.1, 0.15) is 11.9 Å². The molecule has 3 amide bonds. The van der Waals surface area contributed by atoms with Crippen LogP contribution in [0.5, 0.6) is 0 Å². The van der Waals surface area contributed by atoms with Crippen molar-refractivity contribution in [1.82, 2.24) is 40.9 Å². The van der Waals surface area contributed by atoms with Crippen molar-refractivity contribution in [3.05, 3.63) is 101 Å². The van der Waals surface area contributed by atoms with Crippen molar-refractivity contribution >= 4 is 23.7 Å². The molecule has 4 aromatic rings. The van der Waals surface area contributed by atoms with Gasteiger partial charge in [-0.05, 0) is 67.5 Å². The molecule has 44 heavy (non-hydrogen) atoms. The molecule has 6 rings (SSSR count). The molecular formula is C32H37FN8O2S. The van der Waals surface area contributed by atoms with Crippen molar-refractivity contribution in [1.29, 1.82) is 0 Å². The average Bonchev–Trinajstić information content (AvgIpc) is 3.83. The van der Waals surface area contributed by atoms with Crippen LogP contribution < -0.4 is 16.0 Å². The first-order chi connectivity index (χ1) is 21.5. The van der Waals surface area contributed by atoms with Crippen LogP contribution in [0.4, 0.5) is 9.18 Å². The largest absolute Gasteiger partial charge is 0.352 e. The zero-order valence-electron chi connectivity index (χ0n) is 24.4. The Morgan fingerprint density at radius 2 is 1.95 bits per heavy atom. The highest BCUT2D eigenvalue weighted by molar-refractivity contribution is 8.00. The number of urea groups is 1. The first-order valence-corrected chi connectivity index (χ1v) is 16.3. The molecule has 230 valence electrons. The predicted molar refractivity (Wildman–Crippen MR) is 167 cm³/mol. The van der Waals surface area contributed by atoms with E-state index in [1.807, 2.05) is 36.2 Å². The van der Waals surface area contributed by atoms with E-state index in [4.69, 9.17) is 0 Å². The minimum absolute atomic E-state index is 0.0422. The van der Waals surface area contributed by atoms with Crippen molar-refractivity contribution in [2.75, 3.05) is 12.3 Å². The van der Waals surface area contributed by atoms with Gasteiger partial charge in [0.25, 0.3) is 5.91 Å². The fourth-order valence-corrected chi connectivity index (χ4v) is 7.56. The Labute approximate surface area is 260 Å². The zero-order valence-corrected chi connectivity index (χ0v) is 25.2. The third-order valence-corrected chi connectivity index (χ3v) is 9.81. The van der Waals surface area contributed by atoms with Gasteiger partial charge in [-0.3, -0.25) is 4.79 Å². The average molecular weight is 617 g/mol. The Morgan fingerprint density at radius 1 is 1.07 bits per heavy atom. The summed E-state index contributed by atoms with van der Waals surface area (Å²) >= 11 is 1.95. The lowest BCUT2D eigenvalue weighted by Crippen LogP contribution is -2.36. The number of aryl methyl sites for hydroxylation is 2. The number of fused-ring (bicyclic) bond motifs is 1. The molecule has 4 N–H and O–H groups in total. The highest BCUT2D eigenvalue weighted by Gasteiger charge is 2.42. The van der Waals surface area contributed by atoms with Crippen LogP contribution >= 0.6 is 11.8 Å². The lowest BCUT2D eigenvalue weighted by atomic mass is 9.97. The van der Waals surface area contributed by atoms with E-state index >= 15 is 0 Å². The number of unbranched alkanes of at least 4 members (excludes halogenated alkanes) is 2. The summed E-state index contributed by atoms with van der Waals surface area (Å²) in [6.45, 7) is 0.559. The topological polar surface area (TPSA) is 130 Å². The summed E-state index contributed by atoms with van der Waals surface area (Å²) in [6.07, 6.45) is 12.0. The maximum atomic E-state index is 14.3. The molecule has 0 saturated carbocycles. The summed E-state index contributed by atoms with van der Waals surface area (Å²) in [6, 6.07) is 14.0. The Morgan fingerprint density at radius 3 is 2.77 bits per heavy atom. The minimum Gasteiger partial charge on any atom is -0.352 e. The third-order valence-electron chi connectivity index (χ3n) is 8.30. The number of H-pyrrole nitrogens is 1. The van der Waals surface area contributed by atoms with Crippen LogP contribution in [0, 0.1) is 5.82 Å². The monoisotopic (exact) mass is 616 g/mol. The first kappa shape index (κ1) is 29.9. The Kier molecular flexibility index (Phi) is 9.55. The Balaban J connectivity index is 1.04. The summed E-state index contributed by atoms with van der Waals surface area (Å²) in [5.41, 5.74) is 4.12. The molecule has 0 aliphatic carbocycles. The summed E-state index contributed by atoms with van der Waals surface area (Å²) in [5.74, 6) is 0.522. The number of nitrogens with zero attached hydrogens (tertiary/aromatic N) is 4. The summed E-state index contributed by atoms with van der Waals surface area (Å²) in [7, 11) is 0. The van der Waals surface area contributed by atoms with Crippen LogP contribution in [-0.2, 0) is 12.8 Å². The lowest BCUT2D eigenvalue weighted by Gasteiger charge is -2.18. The highest BCUT2D eigenvalue weighted by atomic mass is 32.2. The normalized spacial score (nSPS) is 19.8. The molecule has 0 bridgehead atoms. The fraction of sp³-hybridized carbons (Fsp3) is 0.406. The van der Waals surface area contributed by atoms with Crippen molar-refractivity contribution in [2.24, 2.45) is 0 Å². The Hall–Kier alpha value is -4.19. The number of carbonyl (C=O) groups is 2. The van der Waals surface area contributed by atoms with Gasteiger partial charge in [0.2, 0.25) is 0 Å². The van der Waals surface area contributed by atoms with Crippen LogP contribution in [0.15, 0.2) is 67.3 Å². The second-order valence-electron chi connectivity index (χ2n) is 11.4. The molecule has 1 unspecified atom stereocenters. The number of benzene rings is 2. The van der Waals surface area contributed by atoms with E-state index in [0.717, 1.165) is 73.2 Å². The molecule has 4 atom stereocenters. The van der Waals surface area contributed by atoms with Gasteiger partial charge in [-0.2, -0.15) is 11.8 Å². The number of rotatable bonds is 14. The van der Waals surface area contributed by atoms with E-state index < -0.39 is 0 Å². The fourth-order valence-electron chi connectivity index (χ4n) is 6.02. The van der Waals surface area contributed by atoms with Gasteiger partial charge in [-0.1, -0.05) is 42.3 Å². The van der Waals surface area contributed by atoms with Crippen molar-refractivity contribution in [3.63, 3.8) is 0 Å². The zero-order chi connectivity index (χ0) is 30.3. The highest BCUT2D eigenvalue weighted by Crippen LogP contribution is 2.33. The number of amides is 3.